The van der Waals surface area contributed by atoms with Gasteiger partial charge in [-0.1, -0.05) is 32.0 Å². The van der Waals surface area contributed by atoms with Crippen LogP contribution >= 0.6 is 0 Å². The molecule has 162 valence electrons. The van der Waals surface area contributed by atoms with E-state index in [0.29, 0.717) is 0 Å². The van der Waals surface area contributed by atoms with Gasteiger partial charge in [-0.3, -0.25) is 19.2 Å². The number of fused-ring (bicyclic) bond motifs is 1. The molecule has 0 aliphatic carbocycles. The fraction of sp³-hybridized carbons (Fsp3) is 0.429. The van der Waals surface area contributed by atoms with Crippen molar-refractivity contribution in [2.75, 3.05) is 0 Å². The predicted molar refractivity (Wildman–Crippen MR) is 113 cm³/mol. The van der Waals surface area contributed by atoms with Crippen molar-refractivity contribution in [3.8, 4) is 0 Å². The summed E-state index contributed by atoms with van der Waals surface area (Å²) in [6.45, 7) is 6.34. The second-order valence-electron chi connectivity index (χ2n) is 7.68. The number of nitrogens with one attached hydrogen (secondary N) is 4. The molecule has 1 aromatic heterocycles. The Kier molecular flexibility index (Phi) is 7.57. The van der Waals surface area contributed by atoms with Crippen LogP contribution in [-0.4, -0.2) is 46.7 Å². The molecule has 0 saturated carbocycles. The van der Waals surface area contributed by atoms with Crippen molar-refractivity contribution in [2.45, 2.75) is 52.2 Å². The third-order valence-corrected chi connectivity index (χ3v) is 4.82. The largest absolute Gasteiger partial charge is 0.368 e. The van der Waals surface area contributed by atoms with Gasteiger partial charge in [-0.25, -0.2) is 0 Å². The molecule has 2 aromatic rings. The van der Waals surface area contributed by atoms with Crippen molar-refractivity contribution in [2.24, 2.45) is 11.7 Å². The van der Waals surface area contributed by atoms with Crippen LogP contribution < -0.4 is 21.7 Å². The number of aromatic nitrogens is 1. The van der Waals surface area contributed by atoms with Crippen LogP contribution in [0, 0.1) is 5.92 Å². The second kappa shape index (κ2) is 9.91. The molecular formula is C21H29N5O4. The molecule has 1 heterocycles. The van der Waals surface area contributed by atoms with Crippen LogP contribution in [0.3, 0.4) is 0 Å². The zero-order valence-corrected chi connectivity index (χ0v) is 17.6. The van der Waals surface area contributed by atoms with Crippen LogP contribution in [0.5, 0.6) is 0 Å². The molecule has 3 unspecified atom stereocenters. The molecular weight excluding hydrogens is 386 g/mol. The smallest absolute Gasteiger partial charge is 0.243 e. The first kappa shape index (κ1) is 22.9. The maximum absolute atomic E-state index is 12.8. The van der Waals surface area contributed by atoms with E-state index in [4.69, 9.17) is 5.73 Å². The highest BCUT2D eigenvalue weighted by Gasteiger charge is 2.28. The number of carbonyl (C=O) groups excluding carboxylic acids is 4. The molecule has 4 amide bonds. The van der Waals surface area contributed by atoms with E-state index < -0.39 is 35.8 Å². The fourth-order valence-electron chi connectivity index (χ4n) is 3.20. The van der Waals surface area contributed by atoms with Crippen LogP contribution in [-0.2, 0) is 25.6 Å². The molecule has 9 heteroatoms. The lowest BCUT2D eigenvalue weighted by atomic mass is 10.0. The average Bonchev–Trinajstić information content (AvgIpc) is 3.07. The van der Waals surface area contributed by atoms with E-state index in [1.807, 2.05) is 24.3 Å². The molecule has 0 radical (unpaired) electrons. The third-order valence-electron chi connectivity index (χ3n) is 4.82. The van der Waals surface area contributed by atoms with Gasteiger partial charge in [0.2, 0.25) is 23.6 Å². The number of hydrogen-bond acceptors (Lipinski definition) is 4. The minimum atomic E-state index is -0.919. The van der Waals surface area contributed by atoms with Gasteiger partial charge in [0, 0.05) is 30.4 Å². The Morgan fingerprint density at radius 2 is 1.67 bits per heavy atom. The Labute approximate surface area is 175 Å². The van der Waals surface area contributed by atoms with Gasteiger partial charge in [-0.15, -0.1) is 0 Å². The van der Waals surface area contributed by atoms with Gasteiger partial charge >= 0.3 is 0 Å². The third kappa shape index (κ3) is 5.82. The van der Waals surface area contributed by atoms with Crippen LogP contribution in [0.2, 0.25) is 0 Å². The predicted octanol–water partition coefficient (Wildman–Crippen LogP) is 0.346. The molecule has 0 spiro atoms. The van der Waals surface area contributed by atoms with Gasteiger partial charge in [-0.05, 0) is 24.5 Å². The van der Waals surface area contributed by atoms with Crippen molar-refractivity contribution in [1.29, 1.82) is 0 Å². The number of nitrogens with two attached hydrogens (primary N) is 1. The highest BCUT2D eigenvalue weighted by atomic mass is 16.2. The topological polar surface area (TPSA) is 146 Å². The molecule has 9 nitrogen and oxygen atoms in total. The minimum Gasteiger partial charge on any atom is -0.368 e. The first-order chi connectivity index (χ1) is 14.1. The number of carbonyl (C=O) groups is 4. The highest BCUT2D eigenvalue weighted by molar-refractivity contribution is 5.94. The number of para-hydroxylation sites is 1. The normalized spacial score (nSPS) is 14.0. The van der Waals surface area contributed by atoms with Gasteiger partial charge in [0.05, 0.1) is 0 Å². The average molecular weight is 415 g/mol. The number of amides is 4. The first-order valence-corrected chi connectivity index (χ1v) is 9.82. The molecule has 1 aromatic carbocycles. The van der Waals surface area contributed by atoms with E-state index in [0.717, 1.165) is 16.5 Å². The Morgan fingerprint density at radius 3 is 2.27 bits per heavy atom. The van der Waals surface area contributed by atoms with Crippen LogP contribution in [0.15, 0.2) is 30.5 Å². The van der Waals surface area contributed by atoms with Crippen molar-refractivity contribution in [1.82, 2.24) is 20.9 Å². The van der Waals surface area contributed by atoms with E-state index in [1.54, 1.807) is 20.0 Å². The number of primary amides is 1. The molecule has 0 aliphatic heterocycles. The lowest BCUT2D eigenvalue weighted by Crippen LogP contribution is -2.56. The number of hydrogen-bond donors (Lipinski definition) is 5. The summed E-state index contributed by atoms with van der Waals surface area (Å²) in [7, 11) is 0. The molecule has 6 N–H and O–H groups in total. The van der Waals surface area contributed by atoms with Crippen molar-refractivity contribution < 1.29 is 19.2 Å². The standard InChI is InChI=1S/C21H29N5O4/c1-11(2)18(19(22)28)26-20(29)12(3)24-21(30)17(25-13(4)27)9-14-10-23-16-8-6-5-7-15(14)16/h5-8,10-12,17-18,23H,9H2,1-4H3,(H2,22,28)(H,24,30)(H,25,27)(H,26,29). The van der Waals surface area contributed by atoms with E-state index in [-0.39, 0.29) is 18.2 Å². The van der Waals surface area contributed by atoms with Crippen LogP contribution in [0.25, 0.3) is 10.9 Å². The number of aromatic amines is 1. The Morgan fingerprint density at radius 1 is 1.00 bits per heavy atom. The Hall–Kier alpha value is -3.36. The van der Waals surface area contributed by atoms with Crippen molar-refractivity contribution >= 4 is 34.5 Å². The Balaban J connectivity index is 2.10. The summed E-state index contributed by atoms with van der Waals surface area (Å²) < 4.78 is 0. The highest BCUT2D eigenvalue weighted by Crippen LogP contribution is 2.19. The zero-order valence-electron chi connectivity index (χ0n) is 17.6. The molecule has 2 rings (SSSR count). The summed E-state index contributed by atoms with van der Waals surface area (Å²) in [5, 5.41) is 8.74. The Bertz CT molecular complexity index is 936. The number of H-pyrrole nitrogens is 1. The molecule has 3 atom stereocenters. The molecule has 0 fully saturated rings. The summed E-state index contributed by atoms with van der Waals surface area (Å²) in [5.41, 5.74) is 7.11. The van der Waals surface area contributed by atoms with Crippen LogP contribution in [0.4, 0.5) is 0 Å². The molecule has 0 bridgehead atoms. The number of rotatable bonds is 9. The molecule has 30 heavy (non-hydrogen) atoms. The summed E-state index contributed by atoms with van der Waals surface area (Å²) >= 11 is 0. The summed E-state index contributed by atoms with van der Waals surface area (Å²) in [6, 6.07) is 5.01. The van der Waals surface area contributed by atoms with Gasteiger partial charge in [0.25, 0.3) is 0 Å². The van der Waals surface area contributed by atoms with Crippen molar-refractivity contribution in [3.63, 3.8) is 0 Å². The van der Waals surface area contributed by atoms with E-state index in [2.05, 4.69) is 20.9 Å². The SMILES string of the molecule is CC(=O)NC(Cc1c[nH]c2ccccc12)C(=O)NC(C)C(=O)NC(C(N)=O)C(C)C. The van der Waals surface area contributed by atoms with Gasteiger partial charge in [0.15, 0.2) is 0 Å². The molecule has 0 aliphatic rings. The van der Waals surface area contributed by atoms with Crippen LogP contribution in [0.1, 0.15) is 33.3 Å². The summed E-state index contributed by atoms with van der Waals surface area (Å²) in [5.74, 6) is -2.23. The first-order valence-electron chi connectivity index (χ1n) is 9.82. The fourth-order valence-corrected chi connectivity index (χ4v) is 3.20. The van der Waals surface area contributed by atoms with E-state index in [9.17, 15) is 19.2 Å². The lowest BCUT2D eigenvalue weighted by molar-refractivity contribution is -0.133. The monoisotopic (exact) mass is 415 g/mol. The lowest BCUT2D eigenvalue weighted by Gasteiger charge is -2.23. The maximum atomic E-state index is 12.8. The number of benzene rings is 1. The zero-order chi connectivity index (χ0) is 22.4. The summed E-state index contributed by atoms with van der Waals surface area (Å²) in [6.07, 6.45) is 2.04. The second-order valence-corrected chi connectivity index (χ2v) is 7.68. The maximum Gasteiger partial charge on any atom is 0.243 e. The summed E-state index contributed by atoms with van der Waals surface area (Å²) in [4.78, 5) is 51.5. The van der Waals surface area contributed by atoms with Gasteiger partial charge in [0.1, 0.15) is 18.1 Å². The van der Waals surface area contributed by atoms with E-state index in [1.165, 1.54) is 13.8 Å². The van der Waals surface area contributed by atoms with Gasteiger partial charge in [-0.2, -0.15) is 0 Å². The van der Waals surface area contributed by atoms with Crippen molar-refractivity contribution in [3.05, 3.63) is 36.0 Å². The van der Waals surface area contributed by atoms with E-state index >= 15 is 0 Å². The van der Waals surface area contributed by atoms with Gasteiger partial charge < -0.3 is 26.7 Å². The molecule has 0 saturated heterocycles. The quantitative estimate of drug-likeness (QED) is 0.402. The minimum absolute atomic E-state index is 0.191.